The number of ether oxygens (including phenoxy) is 2. The zero-order chi connectivity index (χ0) is 20.5. The van der Waals surface area contributed by atoms with E-state index in [2.05, 4.69) is 6.07 Å². The van der Waals surface area contributed by atoms with E-state index < -0.39 is 5.97 Å². The lowest BCUT2D eigenvalue weighted by Gasteiger charge is -2.09. The van der Waals surface area contributed by atoms with Crippen LogP contribution in [0.25, 0.3) is 5.57 Å². The maximum Gasteiger partial charge on any atom is 0.389 e. The number of hydrogen-bond donors (Lipinski definition) is 0. The fourth-order valence-electron chi connectivity index (χ4n) is 2.46. The van der Waals surface area contributed by atoms with Crippen LogP contribution >= 0.6 is 0 Å². The Morgan fingerprint density at radius 2 is 1.59 bits per heavy atom. The van der Waals surface area contributed by atoms with Gasteiger partial charge in [0.2, 0.25) is 0 Å². The molecule has 0 bridgehead atoms. The lowest BCUT2D eigenvalue weighted by molar-refractivity contribution is -0.206. The first-order valence-corrected chi connectivity index (χ1v) is 8.65. The summed E-state index contributed by atoms with van der Waals surface area (Å²) in [7, 11) is 1.44. The summed E-state index contributed by atoms with van der Waals surface area (Å²) < 4.78 is 10.7. The number of carbonyl (C=O) groups excluding carboxylic acids is 1. The van der Waals surface area contributed by atoms with Crippen molar-refractivity contribution in [2.75, 3.05) is 7.11 Å². The average Bonchev–Trinajstić information content (AvgIpc) is 2.77. The molecule has 0 atom stereocenters. The molecule has 0 aliphatic carbocycles. The number of benzene rings is 3. The van der Waals surface area contributed by atoms with E-state index in [9.17, 15) is 4.79 Å². The number of nitriles is 1. The molecule has 6 heteroatoms. The molecule has 0 saturated heterocycles. The third-order valence-electron chi connectivity index (χ3n) is 3.76. The molecular formula is C23H17NO5. The molecule has 29 heavy (non-hydrogen) atoms. The molecule has 6 nitrogen and oxygen atoms in total. The van der Waals surface area contributed by atoms with E-state index in [0.717, 1.165) is 0 Å². The van der Waals surface area contributed by atoms with Gasteiger partial charge in [0.1, 0.15) is 17.1 Å². The Morgan fingerprint density at radius 3 is 2.31 bits per heavy atom. The summed E-state index contributed by atoms with van der Waals surface area (Å²) in [6, 6.07) is 24.4. The second-order valence-electron chi connectivity index (χ2n) is 5.80. The Bertz CT molecular complexity index is 1050. The molecule has 144 valence electrons. The van der Waals surface area contributed by atoms with Gasteiger partial charge < -0.3 is 9.47 Å². The monoisotopic (exact) mass is 387 g/mol. The van der Waals surface area contributed by atoms with Crippen LogP contribution in [-0.2, 0) is 14.4 Å². The first kappa shape index (κ1) is 19.5. The normalized spacial score (nSPS) is 10.6. The van der Waals surface area contributed by atoms with Gasteiger partial charge in [-0.1, -0.05) is 42.5 Å². The van der Waals surface area contributed by atoms with Gasteiger partial charge in [-0.2, -0.15) is 5.26 Å². The second-order valence-corrected chi connectivity index (χ2v) is 5.80. The predicted molar refractivity (Wildman–Crippen MR) is 106 cm³/mol. The highest BCUT2D eigenvalue weighted by molar-refractivity contribution is 6.15. The Morgan fingerprint density at radius 1 is 0.897 bits per heavy atom. The van der Waals surface area contributed by atoms with Crippen LogP contribution in [0, 0.1) is 11.3 Å². The Balaban J connectivity index is 1.67. The Hall–Kier alpha value is -4.24. The van der Waals surface area contributed by atoms with Gasteiger partial charge in [0.25, 0.3) is 0 Å². The summed E-state index contributed by atoms with van der Waals surface area (Å²) in [5.74, 6) is 0.542. The van der Waals surface area contributed by atoms with Crippen molar-refractivity contribution >= 4 is 11.5 Å². The molecular weight excluding hydrogens is 370 g/mol. The van der Waals surface area contributed by atoms with Crippen LogP contribution in [0.1, 0.15) is 11.1 Å². The third kappa shape index (κ3) is 5.37. The van der Waals surface area contributed by atoms with E-state index in [1.807, 2.05) is 6.07 Å². The zero-order valence-corrected chi connectivity index (χ0v) is 15.6. The largest absolute Gasteiger partial charge is 0.503 e. The first-order chi connectivity index (χ1) is 14.2. The van der Waals surface area contributed by atoms with Crippen LogP contribution in [0.3, 0.4) is 0 Å². The molecule has 0 amide bonds. The van der Waals surface area contributed by atoms with Gasteiger partial charge in [-0.25, -0.2) is 9.68 Å². The molecule has 0 spiro atoms. The van der Waals surface area contributed by atoms with E-state index in [0.29, 0.717) is 22.6 Å². The van der Waals surface area contributed by atoms with Crippen LogP contribution < -0.4 is 9.62 Å². The van der Waals surface area contributed by atoms with E-state index >= 15 is 0 Å². The average molecular weight is 387 g/mol. The van der Waals surface area contributed by atoms with Crippen molar-refractivity contribution < 1.29 is 24.0 Å². The zero-order valence-electron chi connectivity index (χ0n) is 15.6. The number of methoxy groups -OCH3 is 1. The number of carbonyl (C=O) groups is 1. The fraction of sp³-hybridized carbons (Fsp3) is 0.0435. The topological polar surface area (TPSA) is 77.8 Å². The maximum atomic E-state index is 12.4. The lowest BCUT2D eigenvalue weighted by Crippen LogP contribution is -2.10. The van der Waals surface area contributed by atoms with Crippen LogP contribution in [-0.4, -0.2) is 13.1 Å². The molecule has 0 radical (unpaired) electrons. The molecule has 3 rings (SSSR count). The second kappa shape index (κ2) is 9.62. The summed E-state index contributed by atoms with van der Waals surface area (Å²) in [5.41, 5.74) is 1.34. The minimum atomic E-state index is -0.703. The Labute approximate surface area is 168 Å². The molecule has 0 heterocycles. The fourth-order valence-corrected chi connectivity index (χ4v) is 2.46. The van der Waals surface area contributed by atoms with Crippen molar-refractivity contribution in [3.63, 3.8) is 0 Å². The summed E-state index contributed by atoms with van der Waals surface area (Å²) in [6.45, 7) is 0. The molecule has 0 aliphatic heterocycles. The van der Waals surface area contributed by atoms with Gasteiger partial charge in [-0.15, -0.1) is 0 Å². The van der Waals surface area contributed by atoms with Crippen molar-refractivity contribution in [1.82, 2.24) is 0 Å². The molecule has 3 aromatic rings. The lowest BCUT2D eigenvalue weighted by atomic mass is 10.1. The van der Waals surface area contributed by atoms with Crippen LogP contribution in [0.4, 0.5) is 0 Å². The minimum absolute atomic E-state index is 0.217. The van der Waals surface area contributed by atoms with Crippen LogP contribution in [0.5, 0.6) is 17.2 Å². The summed E-state index contributed by atoms with van der Waals surface area (Å²) >= 11 is 0. The molecule has 0 aromatic heterocycles. The van der Waals surface area contributed by atoms with Gasteiger partial charge in [0.15, 0.2) is 5.75 Å². The highest BCUT2D eigenvalue weighted by Crippen LogP contribution is 2.26. The van der Waals surface area contributed by atoms with Crippen LogP contribution in [0.15, 0.2) is 85.1 Å². The van der Waals surface area contributed by atoms with Crippen molar-refractivity contribution in [3.05, 3.63) is 96.3 Å². The van der Waals surface area contributed by atoms with Crippen molar-refractivity contribution in [2.45, 2.75) is 0 Å². The number of hydrogen-bond acceptors (Lipinski definition) is 6. The van der Waals surface area contributed by atoms with Gasteiger partial charge in [-0.05, 0) is 35.9 Å². The summed E-state index contributed by atoms with van der Waals surface area (Å²) in [6.07, 6.45) is 1.29. The first-order valence-electron chi connectivity index (χ1n) is 8.65. The van der Waals surface area contributed by atoms with Gasteiger partial charge in [0, 0.05) is 6.07 Å². The van der Waals surface area contributed by atoms with Gasteiger partial charge in [-0.3, -0.25) is 4.89 Å². The van der Waals surface area contributed by atoms with Crippen molar-refractivity contribution in [3.8, 4) is 23.3 Å². The molecule has 0 saturated carbocycles. The van der Waals surface area contributed by atoms with Crippen molar-refractivity contribution in [2.24, 2.45) is 0 Å². The Kier molecular flexibility index (Phi) is 6.48. The van der Waals surface area contributed by atoms with Gasteiger partial charge >= 0.3 is 5.97 Å². The third-order valence-corrected chi connectivity index (χ3v) is 3.76. The number of nitrogens with zero attached hydrogens (tertiary/aromatic N) is 1. The highest BCUT2D eigenvalue weighted by Gasteiger charge is 2.16. The SMILES string of the molecule is COC=C(C(=O)OOc1cccc(Oc2cccc(C#N)c2)c1)c1ccccc1. The molecule has 0 N–H and O–H groups in total. The summed E-state index contributed by atoms with van der Waals surface area (Å²) in [5, 5.41) is 8.97. The molecule has 0 unspecified atom stereocenters. The van der Waals surface area contributed by atoms with E-state index in [1.165, 1.54) is 13.4 Å². The smallest absolute Gasteiger partial charge is 0.389 e. The van der Waals surface area contributed by atoms with Crippen LogP contribution in [0.2, 0.25) is 0 Å². The molecule has 0 aliphatic rings. The maximum absolute atomic E-state index is 12.4. The predicted octanol–water partition coefficient (Wildman–Crippen LogP) is 4.88. The quantitative estimate of drug-likeness (QED) is 0.249. The van der Waals surface area contributed by atoms with E-state index in [4.69, 9.17) is 24.5 Å². The van der Waals surface area contributed by atoms with Crippen molar-refractivity contribution in [1.29, 1.82) is 5.26 Å². The molecule has 0 fully saturated rings. The number of rotatable bonds is 7. The minimum Gasteiger partial charge on any atom is -0.503 e. The van der Waals surface area contributed by atoms with E-state index in [1.54, 1.807) is 72.8 Å². The van der Waals surface area contributed by atoms with E-state index in [-0.39, 0.29) is 11.3 Å². The standard InChI is InChI=1S/C23H17NO5/c1-26-16-22(18-8-3-2-4-9-18)23(25)29-28-21-12-6-11-20(14-21)27-19-10-5-7-17(13-19)15-24/h2-14,16H,1H3. The van der Waals surface area contributed by atoms with Gasteiger partial charge in [0.05, 0.1) is 25.0 Å². The molecule has 3 aromatic carbocycles. The summed E-state index contributed by atoms with van der Waals surface area (Å²) in [4.78, 5) is 22.5. The highest BCUT2D eigenvalue weighted by atomic mass is 17.2.